The van der Waals surface area contributed by atoms with E-state index in [-0.39, 0.29) is 10.9 Å². The Balaban J connectivity index is 1.38. The number of rotatable bonds is 9. The highest BCUT2D eigenvalue weighted by Crippen LogP contribution is 2.14. The second-order valence-electron chi connectivity index (χ2n) is 8.37. The molecule has 1 atom stereocenters. The molecule has 0 aromatic heterocycles. The topological polar surface area (TPSA) is 105 Å². The highest BCUT2D eigenvalue weighted by atomic mass is 32.2. The molecule has 0 radical (unpaired) electrons. The zero-order valence-electron chi connectivity index (χ0n) is 19.0. The van der Waals surface area contributed by atoms with Crippen molar-refractivity contribution in [3.8, 4) is 0 Å². The maximum absolute atomic E-state index is 12.4. The van der Waals surface area contributed by atoms with E-state index in [2.05, 4.69) is 27.1 Å². The summed E-state index contributed by atoms with van der Waals surface area (Å²) in [6.07, 6.45) is 1.64. The van der Waals surface area contributed by atoms with Crippen molar-refractivity contribution in [3.05, 3.63) is 65.7 Å². The predicted octanol–water partition coefficient (Wildman–Crippen LogP) is 1.99. The minimum atomic E-state index is -3.87. The molecule has 0 aliphatic carbocycles. The van der Waals surface area contributed by atoms with E-state index in [0.717, 1.165) is 38.0 Å². The lowest BCUT2D eigenvalue weighted by Gasteiger charge is -2.32. The summed E-state index contributed by atoms with van der Waals surface area (Å²) in [5.41, 5.74) is 2.19. The van der Waals surface area contributed by atoms with Crippen molar-refractivity contribution >= 4 is 21.9 Å². The second kappa shape index (κ2) is 11.4. The van der Waals surface area contributed by atoms with Crippen LogP contribution in [0.25, 0.3) is 0 Å². The van der Waals surface area contributed by atoms with Crippen LogP contribution in [0.1, 0.15) is 30.9 Å². The first-order valence-electron chi connectivity index (χ1n) is 11.0. The van der Waals surface area contributed by atoms with E-state index >= 15 is 0 Å². The summed E-state index contributed by atoms with van der Waals surface area (Å²) in [6, 6.07) is 15.4. The number of piperidine rings is 1. The Morgan fingerprint density at radius 3 is 2.33 bits per heavy atom. The summed E-state index contributed by atoms with van der Waals surface area (Å²) in [5.74, 6) is -1.20. The van der Waals surface area contributed by atoms with Gasteiger partial charge in [0.05, 0.1) is 4.90 Å². The van der Waals surface area contributed by atoms with Crippen LogP contribution in [0.15, 0.2) is 59.5 Å². The molecule has 3 rings (SSSR count). The second-order valence-corrected chi connectivity index (χ2v) is 10.1. The van der Waals surface area contributed by atoms with Crippen LogP contribution in [-0.4, -0.2) is 57.0 Å². The zero-order chi connectivity index (χ0) is 23.8. The highest BCUT2D eigenvalue weighted by molar-refractivity contribution is 7.89. The number of nitrogens with zero attached hydrogens (tertiary/aromatic N) is 1. The number of amides is 1. The molecular weight excluding hydrogens is 442 g/mol. The maximum Gasteiger partial charge on any atom is 0.324 e. The van der Waals surface area contributed by atoms with Crippen LogP contribution < -0.4 is 10.0 Å². The lowest BCUT2D eigenvalue weighted by atomic mass is 10.0. The van der Waals surface area contributed by atoms with E-state index in [1.54, 1.807) is 12.1 Å². The summed E-state index contributed by atoms with van der Waals surface area (Å²) in [6.45, 7) is 5.42. The number of carbonyl (C=O) groups is 2. The number of nitrogens with one attached hydrogen (secondary N) is 2. The van der Waals surface area contributed by atoms with Crippen LogP contribution in [0.3, 0.4) is 0 Å². The highest BCUT2D eigenvalue weighted by Gasteiger charge is 2.25. The molecule has 1 aliphatic rings. The Bertz CT molecular complexity index is 1030. The van der Waals surface area contributed by atoms with E-state index in [9.17, 15) is 18.0 Å². The molecule has 1 aliphatic heterocycles. The number of sulfonamides is 1. The fourth-order valence-electron chi connectivity index (χ4n) is 3.67. The standard InChI is InChI=1S/C24H31N3O5S/c1-18-8-10-22(11-9-18)33(30,31)26-19(2)24(29)32-17-23(28)25-21-12-14-27(15-13-21)16-20-6-4-3-5-7-20/h3-11,19,21,26H,12-17H2,1-2H3,(H,25,28)/t19-/m0/s1. The van der Waals surface area contributed by atoms with Gasteiger partial charge in [0, 0.05) is 25.7 Å². The first-order chi connectivity index (χ1) is 15.7. The van der Waals surface area contributed by atoms with Gasteiger partial charge in [0.15, 0.2) is 6.61 Å². The fourth-order valence-corrected chi connectivity index (χ4v) is 4.87. The maximum atomic E-state index is 12.4. The third-order valence-electron chi connectivity index (χ3n) is 5.56. The number of hydrogen-bond donors (Lipinski definition) is 2. The van der Waals surface area contributed by atoms with Gasteiger partial charge in [0.25, 0.3) is 5.91 Å². The molecular formula is C24H31N3O5S. The molecule has 1 fully saturated rings. The monoisotopic (exact) mass is 473 g/mol. The van der Waals surface area contributed by atoms with Gasteiger partial charge in [-0.2, -0.15) is 4.72 Å². The van der Waals surface area contributed by atoms with Gasteiger partial charge < -0.3 is 10.1 Å². The van der Waals surface area contributed by atoms with Crippen LogP contribution >= 0.6 is 0 Å². The van der Waals surface area contributed by atoms with Gasteiger partial charge in [-0.3, -0.25) is 14.5 Å². The molecule has 1 amide bonds. The van der Waals surface area contributed by atoms with E-state index in [0.29, 0.717) is 0 Å². The lowest BCUT2D eigenvalue weighted by molar-refractivity contribution is -0.150. The number of hydrogen-bond acceptors (Lipinski definition) is 6. The first-order valence-corrected chi connectivity index (χ1v) is 12.5. The largest absolute Gasteiger partial charge is 0.454 e. The molecule has 33 heavy (non-hydrogen) atoms. The summed E-state index contributed by atoms with van der Waals surface area (Å²) in [7, 11) is -3.87. The number of likely N-dealkylation sites (tertiary alicyclic amines) is 1. The van der Waals surface area contributed by atoms with Gasteiger partial charge in [-0.15, -0.1) is 0 Å². The molecule has 2 N–H and O–H groups in total. The normalized spacial score (nSPS) is 16.2. The predicted molar refractivity (Wildman–Crippen MR) is 125 cm³/mol. The molecule has 0 unspecified atom stereocenters. The quantitative estimate of drug-likeness (QED) is 0.540. The van der Waals surface area contributed by atoms with Crippen molar-refractivity contribution in [1.29, 1.82) is 0 Å². The van der Waals surface area contributed by atoms with Crippen molar-refractivity contribution in [2.45, 2.75) is 50.2 Å². The summed E-state index contributed by atoms with van der Waals surface area (Å²) < 4.78 is 32.1. The van der Waals surface area contributed by atoms with E-state index < -0.39 is 34.5 Å². The van der Waals surface area contributed by atoms with Gasteiger partial charge in [-0.1, -0.05) is 48.0 Å². The minimum Gasteiger partial charge on any atom is -0.454 e. The zero-order valence-corrected chi connectivity index (χ0v) is 19.8. The average Bonchev–Trinajstić information content (AvgIpc) is 2.79. The van der Waals surface area contributed by atoms with Gasteiger partial charge in [0.1, 0.15) is 6.04 Å². The summed E-state index contributed by atoms with van der Waals surface area (Å²) in [5, 5.41) is 2.90. The van der Waals surface area contributed by atoms with Gasteiger partial charge in [0.2, 0.25) is 10.0 Å². The third kappa shape index (κ3) is 7.66. The number of ether oxygens (including phenoxy) is 1. The molecule has 8 nitrogen and oxygen atoms in total. The lowest BCUT2D eigenvalue weighted by Crippen LogP contribution is -2.46. The third-order valence-corrected chi connectivity index (χ3v) is 7.12. The van der Waals surface area contributed by atoms with Crippen molar-refractivity contribution in [2.75, 3.05) is 19.7 Å². The molecule has 9 heteroatoms. The van der Waals surface area contributed by atoms with Crippen LogP contribution in [0.4, 0.5) is 0 Å². The molecule has 2 aromatic carbocycles. The van der Waals surface area contributed by atoms with Crippen molar-refractivity contribution in [2.24, 2.45) is 0 Å². The van der Waals surface area contributed by atoms with Crippen molar-refractivity contribution < 1.29 is 22.7 Å². The average molecular weight is 474 g/mol. The summed E-state index contributed by atoms with van der Waals surface area (Å²) in [4.78, 5) is 26.8. The molecule has 178 valence electrons. The Kier molecular flexibility index (Phi) is 8.60. The molecule has 1 saturated heterocycles. The van der Waals surface area contributed by atoms with Crippen LogP contribution in [0.2, 0.25) is 0 Å². The van der Waals surface area contributed by atoms with Crippen LogP contribution in [0.5, 0.6) is 0 Å². The SMILES string of the molecule is Cc1ccc(S(=O)(=O)N[C@@H](C)C(=O)OCC(=O)NC2CCN(Cc3ccccc3)CC2)cc1. The molecule has 0 saturated carbocycles. The fraction of sp³-hybridized carbons (Fsp3) is 0.417. The Morgan fingerprint density at radius 2 is 1.70 bits per heavy atom. The van der Waals surface area contributed by atoms with Gasteiger partial charge >= 0.3 is 5.97 Å². The smallest absolute Gasteiger partial charge is 0.324 e. The van der Waals surface area contributed by atoms with Crippen LogP contribution in [-0.2, 0) is 30.9 Å². The molecule has 2 aromatic rings. The van der Waals surface area contributed by atoms with E-state index in [1.807, 2.05) is 25.1 Å². The van der Waals surface area contributed by atoms with Gasteiger partial charge in [-0.25, -0.2) is 8.42 Å². The summed E-state index contributed by atoms with van der Waals surface area (Å²) >= 11 is 0. The Morgan fingerprint density at radius 1 is 1.06 bits per heavy atom. The van der Waals surface area contributed by atoms with Gasteiger partial charge in [-0.05, 0) is 44.4 Å². The van der Waals surface area contributed by atoms with Crippen LogP contribution in [0, 0.1) is 6.92 Å². The van der Waals surface area contributed by atoms with E-state index in [4.69, 9.17) is 4.74 Å². The number of carbonyl (C=O) groups excluding carboxylic acids is 2. The van der Waals surface area contributed by atoms with E-state index in [1.165, 1.54) is 24.6 Å². The van der Waals surface area contributed by atoms with Crippen molar-refractivity contribution in [1.82, 2.24) is 14.9 Å². The molecule has 0 bridgehead atoms. The Hall–Kier alpha value is -2.75. The molecule has 0 spiro atoms. The first kappa shape index (κ1) is 24.9. The number of benzene rings is 2. The Labute approximate surface area is 195 Å². The number of aryl methyl sites for hydroxylation is 1. The number of esters is 1. The molecule has 1 heterocycles. The van der Waals surface area contributed by atoms with Crippen molar-refractivity contribution in [3.63, 3.8) is 0 Å². The minimum absolute atomic E-state index is 0.0284.